The Morgan fingerprint density at radius 2 is 1.62 bits per heavy atom. The van der Waals surface area contributed by atoms with Crippen LogP contribution in [0.3, 0.4) is 0 Å². The van der Waals surface area contributed by atoms with Gasteiger partial charge in [0, 0.05) is 5.56 Å². The molecule has 0 saturated heterocycles. The fraction of sp³-hybridized carbons (Fsp3) is 0.0588. The third-order valence-electron chi connectivity index (χ3n) is 3.25. The van der Waals surface area contributed by atoms with Gasteiger partial charge in [-0.3, -0.25) is 4.99 Å². The summed E-state index contributed by atoms with van der Waals surface area (Å²) in [5, 5.41) is 12.7. The van der Waals surface area contributed by atoms with Crippen molar-refractivity contribution in [2.45, 2.75) is 6.17 Å². The molecule has 1 N–H and O–H groups in total. The molecular weight excluding hydrogens is 282 g/mol. The zero-order valence-electron chi connectivity index (χ0n) is 11.1. The Kier molecular flexibility index (Phi) is 3.72. The van der Waals surface area contributed by atoms with Crippen LogP contribution in [0.25, 0.3) is 0 Å². The van der Waals surface area contributed by atoms with Crippen LogP contribution in [0.1, 0.15) is 17.3 Å². The lowest BCUT2D eigenvalue weighted by atomic mass is 10.0. The Bertz CT molecular complexity index is 743. The first-order valence-electron chi connectivity index (χ1n) is 6.54. The molecule has 0 aliphatic carbocycles. The van der Waals surface area contributed by atoms with E-state index < -0.39 is 0 Å². The summed E-state index contributed by atoms with van der Waals surface area (Å²) >= 11 is 6.24. The molecule has 3 nitrogen and oxygen atoms in total. The van der Waals surface area contributed by atoms with E-state index in [0.717, 1.165) is 11.1 Å². The van der Waals surface area contributed by atoms with Crippen molar-refractivity contribution >= 4 is 17.3 Å². The first-order valence-corrected chi connectivity index (χ1v) is 6.92. The summed E-state index contributed by atoms with van der Waals surface area (Å²) in [5.41, 5.74) is 2.88. The number of hydrogen-bond donors (Lipinski definition) is 1. The van der Waals surface area contributed by atoms with Crippen molar-refractivity contribution in [2.75, 3.05) is 0 Å². The summed E-state index contributed by atoms with van der Waals surface area (Å²) in [7, 11) is 0. The van der Waals surface area contributed by atoms with Gasteiger partial charge in [0.25, 0.3) is 0 Å². The van der Waals surface area contributed by atoms with Crippen LogP contribution in [-0.2, 0) is 0 Å². The van der Waals surface area contributed by atoms with E-state index in [-0.39, 0.29) is 6.17 Å². The van der Waals surface area contributed by atoms with Crippen LogP contribution in [0.4, 0.5) is 0 Å². The number of nitriles is 1. The van der Waals surface area contributed by atoms with Gasteiger partial charge in [-0.2, -0.15) is 5.26 Å². The molecule has 0 bridgehead atoms. The molecule has 0 aromatic heterocycles. The zero-order valence-corrected chi connectivity index (χ0v) is 11.9. The third kappa shape index (κ3) is 2.67. The van der Waals surface area contributed by atoms with Crippen LogP contribution in [-0.4, -0.2) is 5.71 Å². The van der Waals surface area contributed by atoms with E-state index in [2.05, 4.69) is 16.4 Å². The third-order valence-corrected chi connectivity index (χ3v) is 3.55. The lowest BCUT2D eigenvalue weighted by Crippen LogP contribution is -2.26. The molecular formula is C17H12ClN3. The average molecular weight is 294 g/mol. The summed E-state index contributed by atoms with van der Waals surface area (Å²) in [4.78, 5) is 4.67. The van der Waals surface area contributed by atoms with Crippen molar-refractivity contribution in [1.29, 1.82) is 5.26 Å². The summed E-state index contributed by atoms with van der Waals surface area (Å²) in [6.07, 6.45) is -0.286. The molecule has 21 heavy (non-hydrogen) atoms. The highest BCUT2D eigenvalue weighted by molar-refractivity contribution is 6.34. The Labute approximate surface area is 128 Å². The Morgan fingerprint density at radius 3 is 2.24 bits per heavy atom. The second-order valence-corrected chi connectivity index (χ2v) is 4.98. The molecule has 1 aliphatic heterocycles. The number of halogens is 1. The molecule has 0 spiro atoms. The molecule has 1 unspecified atom stereocenters. The molecule has 1 heterocycles. The zero-order chi connectivity index (χ0) is 14.7. The van der Waals surface area contributed by atoms with Gasteiger partial charge in [0.05, 0.1) is 5.71 Å². The van der Waals surface area contributed by atoms with Crippen LogP contribution >= 0.6 is 11.6 Å². The Morgan fingerprint density at radius 1 is 1.00 bits per heavy atom. The van der Waals surface area contributed by atoms with E-state index in [1.807, 2.05) is 60.7 Å². The molecule has 102 valence electrons. The van der Waals surface area contributed by atoms with Crippen LogP contribution in [0, 0.1) is 11.3 Å². The first kappa shape index (κ1) is 13.4. The van der Waals surface area contributed by atoms with E-state index in [4.69, 9.17) is 11.6 Å². The van der Waals surface area contributed by atoms with Crippen LogP contribution in [0.5, 0.6) is 0 Å². The van der Waals surface area contributed by atoms with Crippen molar-refractivity contribution < 1.29 is 0 Å². The van der Waals surface area contributed by atoms with E-state index in [9.17, 15) is 5.26 Å². The fourth-order valence-corrected chi connectivity index (χ4v) is 2.47. The van der Waals surface area contributed by atoms with Crippen molar-refractivity contribution in [2.24, 2.45) is 4.99 Å². The van der Waals surface area contributed by atoms with Crippen molar-refractivity contribution in [1.82, 2.24) is 5.32 Å². The molecule has 0 radical (unpaired) electrons. The molecule has 0 amide bonds. The molecule has 4 heteroatoms. The van der Waals surface area contributed by atoms with Gasteiger partial charge in [0.15, 0.2) is 0 Å². The quantitative estimate of drug-likeness (QED) is 0.857. The summed E-state index contributed by atoms with van der Waals surface area (Å²) < 4.78 is 0. The monoisotopic (exact) mass is 293 g/mol. The van der Waals surface area contributed by atoms with Gasteiger partial charge in [0.2, 0.25) is 0 Å². The van der Waals surface area contributed by atoms with Crippen LogP contribution < -0.4 is 5.32 Å². The first-order chi connectivity index (χ1) is 10.3. The standard InChI is InChI=1S/C17H12ClN3/c18-16-14(11-19)15(12-7-3-1-4-8-12)20-17(21-16)13-9-5-2-6-10-13/h1-10,17,21H. The molecule has 2 aromatic carbocycles. The molecule has 1 atom stereocenters. The second-order valence-electron chi connectivity index (χ2n) is 4.60. The molecule has 2 aromatic rings. The normalized spacial score (nSPS) is 17.7. The SMILES string of the molecule is N#CC1=C(Cl)NC(c2ccccc2)N=C1c1ccccc1. The topological polar surface area (TPSA) is 48.2 Å². The fourth-order valence-electron chi connectivity index (χ4n) is 2.23. The lowest BCUT2D eigenvalue weighted by Gasteiger charge is -2.23. The van der Waals surface area contributed by atoms with E-state index in [1.54, 1.807) is 0 Å². The summed E-state index contributed by atoms with van der Waals surface area (Å²) in [6.45, 7) is 0. The highest BCUT2D eigenvalue weighted by Crippen LogP contribution is 2.27. The van der Waals surface area contributed by atoms with Crippen molar-refractivity contribution in [3.8, 4) is 6.07 Å². The van der Waals surface area contributed by atoms with Crippen LogP contribution in [0.2, 0.25) is 0 Å². The minimum absolute atomic E-state index is 0.286. The lowest BCUT2D eigenvalue weighted by molar-refractivity contribution is 0.637. The molecule has 3 rings (SSSR count). The highest BCUT2D eigenvalue weighted by atomic mass is 35.5. The van der Waals surface area contributed by atoms with Gasteiger partial charge in [-0.05, 0) is 5.56 Å². The number of benzene rings is 2. The number of nitrogens with zero attached hydrogens (tertiary/aromatic N) is 2. The number of rotatable bonds is 2. The molecule has 0 fully saturated rings. The number of allylic oxidation sites excluding steroid dienone is 1. The van der Waals surface area contributed by atoms with E-state index >= 15 is 0 Å². The maximum atomic E-state index is 9.34. The summed E-state index contributed by atoms with van der Waals surface area (Å²) in [6, 6.07) is 21.5. The number of nitrogens with one attached hydrogen (secondary N) is 1. The Hall–Kier alpha value is -2.57. The highest BCUT2D eigenvalue weighted by Gasteiger charge is 2.24. The van der Waals surface area contributed by atoms with Gasteiger partial charge >= 0.3 is 0 Å². The second kappa shape index (κ2) is 5.82. The van der Waals surface area contributed by atoms with E-state index in [1.165, 1.54) is 0 Å². The maximum absolute atomic E-state index is 9.34. The van der Waals surface area contributed by atoms with Gasteiger partial charge < -0.3 is 5.32 Å². The minimum atomic E-state index is -0.286. The van der Waals surface area contributed by atoms with Gasteiger partial charge in [0.1, 0.15) is 23.0 Å². The van der Waals surface area contributed by atoms with Crippen molar-refractivity contribution in [3.05, 3.63) is 82.5 Å². The van der Waals surface area contributed by atoms with Gasteiger partial charge in [-0.1, -0.05) is 72.3 Å². The average Bonchev–Trinajstić information content (AvgIpc) is 2.55. The predicted octanol–water partition coefficient (Wildman–Crippen LogP) is 3.75. The smallest absolute Gasteiger partial charge is 0.146 e. The van der Waals surface area contributed by atoms with Crippen molar-refractivity contribution in [3.63, 3.8) is 0 Å². The number of hydrogen-bond acceptors (Lipinski definition) is 3. The molecule has 1 aliphatic rings. The van der Waals surface area contributed by atoms with Crippen LogP contribution in [0.15, 0.2) is 76.4 Å². The predicted molar refractivity (Wildman–Crippen MR) is 83.8 cm³/mol. The van der Waals surface area contributed by atoms with Gasteiger partial charge in [-0.15, -0.1) is 0 Å². The largest absolute Gasteiger partial charge is 0.349 e. The number of aliphatic imine (C=N–C) groups is 1. The minimum Gasteiger partial charge on any atom is -0.349 e. The van der Waals surface area contributed by atoms with Gasteiger partial charge in [-0.25, -0.2) is 0 Å². The van der Waals surface area contributed by atoms with E-state index in [0.29, 0.717) is 16.4 Å². The maximum Gasteiger partial charge on any atom is 0.146 e. The molecule has 0 saturated carbocycles. The summed E-state index contributed by atoms with van der Waals surface area (Å²) in [5.74, 6) is 0. The Balaban J connectivity index is 2.08.